The van der Waals surface area contributed by atoms with Gasteiger partial charge in [0.25, 0.3) is 0 Å². The number of ether oxygens (including phenoxy) is 4. The Kier molecular flexibility index (Phi) is 9.89. The van der Waals surface area contributed by atoms with Gasteiger partial charge >= 0.3 is 23.9 Å². The molecule has 0 saturated carbocycles. The number of carbonyl (C=O) groups is 4. The molecular formula is C30H44O13. The highest BCUT2D eigenvalue weighted by Crippen LogP contribution is 2.55. The van der Waals surface area contributed by atoms with E-state index >= 15 is 0 Å². The fourth-order valence-electron chi connectivity index (χ4n) is 6.65. The summed E-state index contributed by atoms with van der Waals surface area (Å²) in [7, 11) is 0. The van der Waals surface area contributed by atoms with E-state index in [0.29, 0.717) is 6.42 Å². The zero-order valence-corrected chi connectivity index (χ0v) is 25.6. The maximum Gasteiger partial charge on any atom is 0.341 e. The van der Waals surface area contributed by atoms with Crippen molar-refractivity contribution < 1.29 is 63.7 Å². The Morgan fingerprint density at radius 2 is 1.53 bits per heavy atom. The third-order valence-corrected chi connectivity index (χ3v) is 9.04. The minimum atomic E-state index is -2.82. The minimum Gasteiger partial charge on any atom is -0.459 e. The van der Waals surface area contributed by atoms with Gasteiger partial charge in [-0.2, -0.15) is 0 Å². The van der Waals surface area contributed by atoms with Gasteiger partial charge in [0.05, 0.1) is 5.60 Å². The summed E-state index contributed by atoms with van der Waals surface area (Å²) in [4.78, 5) is 50.9. The van der Waals surface area contributed by atoms with Gasteiger partial charge in [0.1, 0.15) is 24.4 Å². The first-order chi connectivity index (χ1) is 19.8. The maximum absolute atomic E-state index is 13.0. The van der Waals surface area contributed by atoms with Gasteiger partial charge in [0, 0.05) is 31.6 Å². The Hall–Kier alpha value is -2.84. The van der Waals surface area contributed by atoms with Crippen molar-refractivity contribution in [1.29, 1.82) is 0 Å². The molecule has 1 fully saturated rings. The number of fused-ring (bicyclic) bond motifs is 2. The summed E-state index contributed by atoms with van der Waals surface area (Å²) in [6.07, 6.45) is -4.72. The summed E-state index contributed by atoms with van der Waals surface area (Å²) in [5.41, 5.74) is -9.65. The molecule has 13 nitrogen and oxygen atoms in total. The van der Waals surface area contributed by atoms with Crippen molar-refractivity contribution in [3.63, 3.8) is 0 Å². The van der Waals surface area contributed by atoms with Gasteiger partial charge in [-0.15, -0.1) is 0 Å². The molecule has 1 saturated heterocycles. The van der Waals surface area contributed by atoms with Crippen LogP contribution in [0.2, 0.25) is 0 Å². The smallest absolute Gasteiger partial charge is 0.341 e. The molecule has 0 radical (unpaired) electrons. The van der Waals surface area contributed by atoms with Crippen LogP contribution in [0.25, 0.3) is 0 Å². The molecule has 1 heterocycles. The van der Waals surface area contributed by atoms with Crippen LogP contribution in [0.1, 0.15) is 74.1 Å². The molecule has 2 aliphatic carbocycles. The quantitative estimate of drug-likeness (QED) is 0.114. The van der Waals surface area contributed by atoms with Gasteiger partial charge < -0.3 is 44.5 Å². The molecule has 0 aromatic heterocycles. The van der Waals surface area contributed by atoms with Crippen LogP contribution >= 0.6 is 0 Å². The van der Waals surface area contributed by atoms with E-state index in [4.69, 9.17) is 18.9 Å². The fraction of sp³-hybridized carbons (Fsp3) is 0.733. The Morgan fingerprint density at radius 1 is 0.953 bits per heavy atom. The van der Waals surface area contributed by atoms with Crippen LogP contribution in [0.3, 0.4) is 0 Å². The summed E-state index contributed by atoms with van der Waals surface area (Å²) in [6.45, 7) is 8.96. The third-order valence-electron chi connectivity index (χ3n) is 9.04. The van der Waals surface area contributed by atoms with Crippen molar-refractivity contribution in [2.24, 2.45) is 11.3 Å². The lowest BCUT2D eigenvalue weighted by Crippen LogP contribution is -2.74. The number of hydrogen-bond acceptors (Lipinski definition) is 13. The van der Waals surface area contributed by atoms with E-state index < -0.39 is 88.6 Å². The molecular weight excluding hydrogens is 568 g/mol. The predicted octanol–water partition coefficient (Wildman–Crippen LogP) is 0.374. The van der Waals surface area contributed by atoms with Crippen LogP contribution in [-0.2, 0) is 38.1 Å². The van der Waals surface area contributed by atoms with E-state index in [1.54, 1.807) is 0 Å². The molecule has 3 aliphatic rings. The largest absolute Gasteiger partial charge is 0.459 e. The van der Waals surface area contributed by atoms with Crippen molar-refractivity contribution in [1.82, 2.24) is 0 Å². The van der Waals surface area contributed by atoms with Crippen LogP contribution < -0.4 is 0 Å². The van der Waals surface area contributed by atoms with Crippen molar-refractivity contribution >= 4 is 23.9 Å². The van der Waals surface area contributed by atoms with Crippen molar-refractivity contribution in [2.75, 3.05) is 0 Å². The van der Waals surface area contributed by atoms with E-state index in [-0.39, 0.29) is 12.0 Å². The Balaban J connectivity index is 2.41. The van der Waals surface area contributed by atoms with Gasteiger partial charge in [0.2, 0.25) is 0 Å². The summed E-state index contributed by atoms with van der Waals surface area (Å²) in [5.74, 6) is -5.53. The molecule has 3 rings (SSSR count). The lowest BCUT2D eigenvalue weighted by atomic mass is 9.53. The molecule has 242 valence electrons. The standard InChI is InChI=1S/C30H44O13/c1-8-9-10-11-20(34)43-22-15(2)14-19-30(39,29(7,38)26(36)42-19)25(41-17(4)32)23-27(5,13-12-18(33)28(23,6)37)24(21(22)35)40-16(3)31/h12-14,18-19,21-25,33,35,37-39H,8-11H2,1-7H3. The Labute approximate surface area is 250 Å². The van der Waals surface area contributed by atoms with Gasteiger partial charge in [0.15, 0.2) is 23.4 Å². The van der Waals surface area contributed by atoms with E-state index in [1.165, 1.54) is 32.9 Å². The SMILES string of the molecule is CCCCCC(=O)OC1C(C)=CC2OC(=O)C(C)(O)C2(O)C(OC(C)=O)C2C(C)(O)C(O)C=CC2(C)C(OC(C)=O)C1O. The number of rotatable bonds is 7. The average molecular weight is 613 g/mol. The van der Waals surface area contributed by atoms with Gasteiger partial charge in [-0.05, 0) is 38.8 Å². The van der Waals surface area contributed by atoms with Crippen LogP contribution in [0.4, 0.5) is 0 Å². The van der Waals surface area contributed by atoms with Gasteiger partial charge in [-0.25, -0.2) is 4.79 Å². The molecule has 0 bridgehead atoms. The minimum absolute atomic E-state index is 0.00879. The summed E-state index contributed by atoms with van der Waals surface area (Å²) in [6, 6.07) is 0. The Bertz CT molecular complexity index is 1170. The second kappa shape index (κ2) is 12.3. The number of carbonyl (C=O) groups excluding carboxylic acids is 4. The predicted molar refractivity (Wildman–Crippen MR) is 148 cm³/mol. The number of aliphatic hydroxyl groups excluding tert-OH is 2. The van der Waals surface area contributed by atoms with Crippen molar-refractivity contribution in [3.8, 4) is 0 Å². The highest BCUT2D eigenvalue weighted by Gasteiger charge is 2.74. The molecule has 11 unspecified atom stereocenters. The highest BCUT2D eigenvalue weighted by atomic mass is 16.6. The summed E-state index contributed by atoms with van der Waals surface area (Å²) < 4.78 is 22.3. The fourth-order valence-corrected chi connectivity index (χ4v) is 6.65. The zero-order valence-electron chi connectivity index (χ0n) is 25.6. The molecule has 0 amide bonds. The molecule has 11 atom stereocenters. The molecule has 1 aliphatic heterocycles. The van der Waals surface area contributed by atoms with Crippen LogP contribution in [0, 0.1) is 11.3 Å². The van der Waals surface area contributed by atoms with Crippen LogP contribution in [0.15, 0.2) is 23.8 Å². The second-order valence-electron chi connectivity index (χ2n) is 12.4. The lowest BCUT2D eigenvalue weighted by molar-refractivity contribution is -0.263. The normalized spacial score (nSPS) is 42.6. The number of aliphatic hydroxyl groups is 5. The molecule has 0 aromatic rings. The van der Waals surface area contributed by atoms with E-state index in [9.17, 15) is 44.7 Å². The first kappa shape index (κ1) is 34.6. The van der Waals surface area contributed by atoms with Crippen molar-refractivity contribution in [3.05, 3.63) is 23.8 Å². The number of esters is 4. The number of unbranched alkanes of at least 4 members (excludes halogenated alkanes) is 2. The molecule has 43 heavy (non-hydrogen) atoms. The van der Waals surface area contributed by atoms with E-state index in [0.717, 1.165) is 39.7 Å². The zero-order chi connectivity index (χ0) is 32.7. The maximum atomic E-state index is 13.0. The van der Waals surface area contributed by atoms with Crippen LogP contribution in [-0.4, -0.2) is 103 Å². The first-order valence-electron chi connectivity index (χ1n) is 14.4. The number of hydrogen-bond donors (Lipinski definition) is 5. The third kappa shape index (κ3) is 5.97. The topological polar surface area (TPSA) is 206 Å². The molecule has 5 N–H and O–H groups in total. The van der Waals surface area contributed by atoms with Crippen molar-refractivity contribution in [2.45, 2.75) is 128 Å². The monoisotopic (exact) mass is 612 g/mol. The molecule has 13 heteroatoms. The summed E-state index contributed by atoms with van der Waals surface area (Å²) >= 11 is 0. The van der Waals surface area contributed by atoms with E-state index in [1.807, 2.05) is 6.92 Å². The van der Waals surface area contributed by atoms with Crippen LogP contribution in [0.5, 0.6) is 0 Å². The second-order valence-corrected chi connectivity index (χ2v) is 12.4. The Morgan fingerprint density at radius 3 is 2.09 bits per heavy atom. The van der Waals surface area contributed by atoms with Gasteiger partial charge in [-0.1, -0.05) is 38.8 Å². The van der Waals surface area contributed by atoms with Gasteiger partial charge in [-0.3, -0.25) is 14.4 Å². The van der Waals surface area contributed by atoms with E-state index in [2.05, 4.69) is 0 Å². The first-order valence-corrected chi connectivity index (χ1v) is 14.4. The lowest BCUT2D eigenvalue weighted by Gasteiger charge is -2.57. The molecule has 0 aromatic carbocycles. The summed E-state index contributed by atoms with van der Waals surface area (Å²) in [5, 5.41) is 58.4. The molecule has 0 spiro atoms. The highest BCUT2D eigenvalue weighted by molar-refractivity contribution is 5.84. The average Bonchev–Trinajstić information content (AvgIpc) is 3.06.